The average molecular weight is 662 g/mol. The zero-order valence-corrected chi connectivity index (χ0v) is 29.1. The van der Waals surface area contributed by atoms with Gasteiger partial charge in [0, 0.05) is 32.8 Å². The minimum absolute atomic E-state index is 0.663. The third-order valence-electron chi connectivity index (χ3n) is 10.3. The van der Waals surface area contributed by atoms with Crippen LogP contribution >= 0.6 is 0 Å². The minimum atomic E-state index is 0.663. The molecule has 4 heteroatoms. The predicted octanol–water partition coefficient (Wildman–Crippen LogP) is 12.9. The Hall–Kier alpha value is -5.87. The molecule has 0 unspecified atom stereocenters. The molecule has 51 heavy (non-hydrogen) atoms. The van der Waals surface area contributed by atoms with Crippen molar-refractivity contribution in [3.63, 3.8) is 0 Å². The summed E-state index contributed by atoms with van der Waals surface area (Å²) in [7, 11) is 0. The molecule has 0 aliphatic carbocycles. The summed E-state index contributed by atoms with van der Waals surface area (Å²) in [4.78, 5) is 15.1. The van der Waals surface area contributed by atoms with E-state index in [-0.39, 0.29) is 0 Å². The lowest BCUT2D eigenvalue weighted by Gasteiger charge is -2.17. The van der Waals surface area contributed by atoms with E-state index in [1.54, 1.807) is 0 Å². The van der Waals surface area contributed by atoms with Crippen LogP contribution in [0.5, 0.6) is 0 Å². The molecular formula is C47H39N3O. The van der Waals surface area contributed by atoms with Crippen molar-refractivity contribution in [1.29, 1.82) is 0 Å². The highest BCUT2D eigenvalue weighted by Crippen LogP contribution is 2.44. The molecule has 0 fully saturated rings. The molecular weight excluding hydrogens is 623 g/mol. The van der Waals surface area contributed by atoms with E-state index in [9.17, 15) is 0 Å². The van der Waals surface area contributed by atoms with E-state index in [2.05, 4.69) is 105 Å². The molecule has 2 aromatic heterocycles. The molecule has 0 saturated heterocycles. The number of aromatic nitrogens is 3. The summed E-state index contributed by atoms with van der Waals surface area (Å²) < 4.78 is 6.72. The van der Waals surface area contributed by atoms with Crippen LogP contribution in [-0.4, -0.2) is 15.0 Å². The van der Waals surface area contributed by atoms with Crippen molar-refractivity contribution in [3.8, 4) is 34.2 Å². The minimum Gasteiger partial charge on any atom is -0.455 e. The highest BCUT2D eigenvalue weighted by Gasteiger charge is 2.19. The third kappa shape index (κ3) is 5.52. The predicted molar refractivity (Wildman–Crippen MR) is 213 cm³/mol. The van der Waals surface area contributed by atoms with Crippen molar-refractivity contribution in [3.05, 3.63) is 139 Å². The topological polar surface area (TPSA) is 51.8 Å². The highest BCUT2D eigenvalue weighted by molar-refractivity contribution is 6.32. The van der Waals surface area contributed by atoms with Crippen LogP contribution in [0, 0.1) is 0 Å². The summed E-state index contributed by atoms with van der Waals surface area (Å²) in [6, 6.07) is 45.0. The van der Waals surface area contributed by atoms with Gasteiger partial charge in [0.1, 0.15) is 11.2 Å². The average Bonchev–Trinajstić information content (AvgIpc) is 3.58. The van der Waals surface area contributed by atoms with E-state index in [0.717, 1.165) is 51.5 Å². The lowest BCUT2D eigenvalue weighted by Crippen LogP contribution is -2.00. The second kappa shape index (κ2) is 13.1. The maximum atomic E-state index is 6.72. The number of hydrogen-bond acceptors (Lipinski definition) is 4. The molecule has 4 nitrogen and oxygen atoms in total. The Labute approximate surface area is 297 Å². The van der Waals surface area contributed by atoms with Gasteiger partial charge in [0.05, 0.1) is 0 Å². The second-order valence-corrected chi connectivity index (χ2v) is 13.6. The van der Waals surface area contributed by atoms with E-state index in [1.165, 1.54) is 69.1 Å². The smallest absolute Gasteiger partial charge is 0.164 e. The van der Waals surface area contributed by atoms with Gasteiger partial charge in [-0.15, -0.1) is 0 Å². The van der Waals surface area contributed by atoms with E-state index >= 15 is 0 Å². The molecule has 0 aliphatic rings. The van der Waals surface area contributed by atoms with Crippen molar-refractivity contribution >= 4 is 54.3 Å². The molecule has 248 valence electrons. The monoisotopic (exact) mass is 661 g/mol. The summed E-state index contributed by atoms with van der Waals surface area (Å²) >= 11 is 0. The zero-order valence-electron chi connectivity index (χ0n) is 29.1. The van der Waals surface area contributed by atoms with Crippen LogP contribution in [-0.2, 0) is 12.8 Å². The Morgan fingerprint density at radius 2 is 0.961 bits per heavy atom. The van der Waals surface area contributed by atoms with Gasteiger partial charge in [0.2, 0.25) is 0 Å². The van der Waals surface area contributed by atoms with Gasteiger partial charge in [-0.05, 0) is 81.9 Å². The van der Waals surface area contributed by atoms with E-state index < -0.39 is 0 Å². The molecule has 0 atom stereocenters. The van der Waals surface area contributed by atoms with E-state index in [4.69, 9.17) is 19.4 Å². The fourth-order valence-corrected chi connectivity index (χ4v) is 7.68. The summed E-state index contributed by atoms with van der Waals surface area (Å²) in [6.07, 6.45) is 6.84. The number of nitrogens with zero attached hydrogens (tertiary/aromatic N) is 3. The number of hydrogen-bond donors (Lipinski definition) is 0. The van der Waals surface area contributed by atoms with Crippen molar-refractivity contribution in [2.45, 2.75) is 52.4 Å². The molecule has 0 amide bonds. The molecule has 2 heterocycles. The first kappa shape index (κ1) is 31.1. The molecule has 0 spiro atoms. The molecule has 0 bridgehead atoms. The van der Waals surface area contributed by atoms with Gasteiger partial charge in [0.15, 0.2) is 17.5 Å². The fraction of sp³-hybridized carbons (Fsp3) is 0.170. The number of unbranched alkanes of at least 4 members (excludes halogenated alkanes) is 2. The Kier molecular flexibility index (Phi) is 8.00. The summed E-state index contributed by atoms with van der Waals surface area (Å²) in [6.45, 7) is 4.56. The van der Waals surface area contributed by atoms with Gasteiger partial charge in [-0.3, -0.25) is 0 Å². The molecule has 7 aromatic carbocycles. The van der Waals surface area contributed by atoms with Crippen molar-refractivity contribution in [2.75, 3.05) is 0 Å². The van der Waals surface area contributed by atoms with Crippen LogP contribution < -0.4 is 0 Å². The fourth-order valence-electron chi connectivity index (χ4n) is 7.68. The number of benzene rings is 7. The van der Waals surface area contributed by atoms with Gasteiger partial charge in [-0.2, -0.15) is 0 Å². The van der Waals surface area contributed by atoms with Gasteiger partial charge >= 0.3 is 0 Å². The highest BCUT2D eigenvalue weighted by atomic mass is 16.3. The van der Waals surface area contributed by atoms with Crippen molar-refractivity contribution < 1.29 is 4.42 Å². The van der Waals surface area contributed by atoms with Crippen LogP contribution in [0.1, 0.15) is 50.7 Å². The maximum absolute atomic E-state index is 6.72. The van der Waals surface area contributed by atoms with Gasteiger partial charge < -0.3 is 4.42 Å². The number of furan rings is 1. The van der Waals surface area contributed by atoms with Crippen LogP contribution in [0.25, 0.3) is 88.4 Å². The summed E-state index contributed by atoms with van der Waals surface area (Å²) in [5, 5.41) is 9.60. The number of para-hydroxylation sites is 1. The molecule has 9 aromatic rings. The van der Waals surface area contributed by atoms with Crippen molar-refractivity contribution in [2.24, 2.45) is 0 Å². The second-order valence-electron chi connectivity index (χ2n) is 13.6. The molecule has 0 aliphatic heterocycles. The Morgan fingerprint density at radius 1 is 0.431 bits per heavy atom. The van der Waals surface area contributed by atoms with Crippen molar-refractivity contribution in [1.82, 2.24) is 15.0 Å². The number of rotatable bonds is 9. The lowest BCUT2D eigenvalue weighted by molar-refractivity contribution is 0.673. The number of fused-ring (bicyclic) bond motifs is 10. The Balaban J connectivity index is 1.35. The molecule has 0 N–H and O–H groups in total. The van der Waals surface area contributed by atoms with Gasteiger partial charge in [-0.25, -0.2) is 15.0 Å². The quantitative estimate of drug-likeness (QED) is 0.144. The largest absolute Gasteiger partial charge is 0.455 e. The lowest BCUT2D eigenvalue weighted by atomic mass is 9.87. The standard InChI is InChI=1S/C47H39N3O/c1-3-5-15-32-27-40-39-29-34(47-49-45(30-17-9-7-10-18-30)48-46(50-47)31-19-11-8-12-20-31)23-24-35(39)37-25-26-38-36-21-13-14-22-42(36)51-44(38)43(37)41(40)28-33(32)16-6-4-2/h7-14,17-29H,3-6,15-16H2,1-2H3. The normalized spacial score (nSPS) is 11.8. The Bertz CT molecular complexity index is 2650. The van der Waals surface area contributed by atoms with Crippen LogP contribution in [0.4, 0.5) is 0 Å². The van der Waals surface area contributed by atoms with Gasteiger partial charge in [-0.1, -0.05) is 136 Å². The first-order valence-corrected chi connectivity index (χ1v) is 18.3. The SMILES string of the molecule is CCCCc1cc2c3cc(-c4nc(-c5ccccc5)nc(-c5ccccc5)n4)ccc3c3ccc4c5ccccc5oc4c3c2cc1CCCC. The zero-order chi connectivity index (χ0) is 34.3. The maximum Gasteiger partial charge on any atom is 0.164 e. The molecule has 0 radical (unpaired) electrons. The van der Waals surface area contributed by atoms with E-state index in [0.29, 0.717) is 17.5 Å². The molecule has 0 saturated carbocycles. The first-order valence-electron chi connectivity index (χ1n) is 18.3. The van der Waals surface area contributed by atoms with Crippen LogP contribution in [0.3, 0.4) is 0 Å². The molecule has 9 rings (SSSR count). The number of aryl methyl sites for hydroxylation is 2. The first-order chi connectivity index (χ1) is 25.2. The summed E-state index contributed by atoms with van der Waals surface area (Å²) in [5.41, 5.74) is 7.70. The van der Waals surface area contributed by atoms with Crippen LogP contribution in [0.2, 0.25) is 0 Å². The van der Waals surface area contributed by atoms with Gasteiger partial charge in [0.25, 0.3) is 0 Å². The van der Waals surface area contributed by atoms with Crippen LogP contribution in [0.15, 0.2) is 132 Å². The third-order valence-corrected chi connectivity index (χ3v) is 10.3. The van der Waals surface area contributed by atoms with E-state index in [1.807, 2.05) is 36.4 Å². The summed E-state index contributed by atoms with van der Waals surface area (Å²) in [5.74, 6) is 1.99. The Morgan fingerprint density at radius 3 is 1.61 bits per heavy atom.